The monoisotopic (exact) mass is 332 g/mol. The summed E-state index contributed by atoms with van der Waals surface area (Å²) in [5.74, 6) is 0.347. The Morgan fingerprint density at radius 1 is 1.29 bits per heavy atom. The standard InChI is InChI=1S/C17H20N2O5/c1-3-23-12-6-4-11(5-7-12)15-14-13(10-24-16(14)20)19(8-9-22-2)17(21)18-15/h4-7,15H,3,8-10H2,1-2H3,(H,18,21)/t15-/m1/s1. The van der Waals surface area contributed by atoms with Crippen LogP contribution in [0.4, 0.5) is 4.79 Å². The highest BCUT2D eigenvalue weighted by Crippen LogP contribution is 2.35. The van der Waals surface area contributed by atoms with E-state index in [9.17, 15) is 9.59 Å². The van der Waals surface area contributed by atoms with Crippen molar-refractivity contribution in [3.63, 3.8) is 0 Å². The van der Waals surface area contributed by atoms with Crippen LogP contribution in [0.1, 0.15) is 18.5 Å². The number of hydrogen-bond donors (Lipinski definition) is 1. The van der Waals surface area contributed by atoms with Crippen molar-refractivity contribution in [1.29, 1.82) is 0 Å². The van der Waals surface area contributed by atoms with E-state index in [1.807, 2.05) is 31.2 Å². The minimum absolute atomic E-state index is 0.110. The molecule has 0 aliphatic carbocycles. The van der Waals surface area contributed by atoms with Crippen LogP contribution >= 0.6 is 0 Å². The lowest BCUT2D eigenvalue weighted by Gasteiger charge is -2.32. The van der Waals surface area contributed by atoms with Gasteiger partial charge < -0.3 is 19.5 Å². The van der Waals surface area contributed by atoms with Crippen molar-refractivity contribution in [2.75, 3.05) is 33.5 Å². The maximum atomic E-state index is 12.4. The summed E-state index contributed by atoms with van der Waals surface area (Å²) in [6.45, 7) is 3.35. The van der Waals surface area contributed by atoms with E-state index in [2.05, 4.69) is 5.32 Å². The van der Waals surface area contributed by atoms with Crippen LogP contribution in [0.25, 0.3) is 0 Å². The van der Waals surface area contributed by atoms with Crippen molar-refractivity contribution in [3.8, 4) is 5.75 Å². The van der Waals surface area contributed by atoms with Crippen LogP contribution in [0.15, 0.2) is 35.5 Å². The zero-order valence-corrected chi connectivity index (χ0v) is 13.7. The van der Waals surface area contributed by atoms with Gasteiger partial charge in [-0.2, -0.15) is 0 Å². The molecule has 0 bridgehead atoms. The van der Waals surface area contributed by atoms with Crippen molar-refractivity contribution in [3.05, 3.63) is 41.1 Å². The first-order chi connectivity index (χ1) is 11.7. The zero-order chi connectivity index (χ0) is 17.1. The Hall–Kier alpha value is -2.54. The van der Waals surface area contributed by atoms with Gasteiger partial charge in [0.15, 0.2) is 0 Å². The van der Waals surface area contributed by atoms with E-state index >= 15 is 0 Å². The van der Waals surface area contributed by atoms with E-state index in [0.717, 1.165) is 11.3 Å². The van der Waals surface area contributed by atoms with Crippen LogP contribution in [0.2, 0.25) is 0 Å². The van der Waals surface area contributed by atoms with Crippen molar-refractivity contribution < 1.29 is 23.8 Å². The molecule has 7 heteroatoms. The number of benzene rings is 1. The van der Waals surface area contributed by atoms with Gasteiger partial charge in [-0.05, 0) is 24.6 Å². The van der Waals surface area contributed by atoms with Gasteiger partial charge in [0.2, 0.25) is 0 Å². The number of amides is 2. The topological polar surface area (TPSA) is 77.1 Å². The summed E-state index contributed by atoms with van der Waals surface area (Å²) in [6.07, 6.45) is 0. The lowest BCUT2D eigenvalue weighted by atomic mass is 9.95. The van der Waals surface area contributed by atoms with E-state index in [4.69, 9.17) is 14.2 Å². The molecule has 3 rings (SSSR count). The third kappa shape index (κ3) is 2.94. The number of carbonyl (C=O) groups is 2. The summed E-state index contributed by atoms with van der Waals surface area (Å²) in [5, 5.41) is 2.88. The number of cyclic esters (lactones) is 1. The number of methoxy groups -OCH3 is 1. The van der Waals surface area contributed by atoms with E-state index in [-0.39, 0.29) is 12.6 Å². The number of nitrogens with one attached hydrogen (secondary N) is 1. The first-order valence-electron chi connectivity index (χ1n) is 7.85. The maximum absolute atomic E-state index is 12.4. The van der Waals surface area contributed by atoms with Gasteiger partial charge in [-0.25, -0.2) is 9.59 Å². The molecule has 1 N–H and O–H groups in total. The molecule has 128 valence electrons. The first-order valence-corrected chi connectivity index (χ1v) is 7.85. The van der Waals surface area contributed by atoms with Gasteiger partial charge in [0.1, 0.15) is 12.4 Å². The molecular weight excluding hydrogens is 312 g/mol. The average Bonchev–Trinajstić information content (AvgIpc) is 2.96. The summed E-state index contributed by atoms with van der Waals surface area (Å²) < 4.78 is 15.6. The predicted octanol–water partition coefficient (Wildman–Crippen LogP) is 1.61. The second kappa shape index (κ2) is 6.92. The summed E-state index contributed by atoms with van der Waals surface area (Å²) in [6, 6.07) is 6.56. The molecule has 0 unspecified atom stereocenters. The molecule has 2 heterocycles. The molecule has 0 spiro atoms. The summed E-state index contributed by atoms with van der Waals surface area (Å²) >= 11 is 0. The van der Waals surface area contributed by atoms with Gasteiger partial charge in [0.05, 0.1) is 37.1 Å². The van der Waals surface area contributed by atoms with Crippen molar-refractivity contribution in [2.45, 2.75) is 13.0 Å². The SMILES string of the molecule is CCOc1ccc([C@H]2NC(=O)N(CCOC)C3=C2C(=O)OC3)cc1. The van der Waals surface area contributed by atoms with Crippen LogP contribution in [-0.4, -0.2) is 50.4 Å². The second-order valence-corrected chi connectivity index (χ2v) is 5.47. The fourth-order valence-electron chi connectivity index (χ4n) is 2.90. The second-order valence-electron chi connectivity index (χ2n) is 5.47. The van der Waals surface area contributed by atoms with E-state index in [0.29, 0.717) is 31.0 Å². The third-order valence-corrected chi connectivity index (χ3v) is 4.04. The Morgan fingerprint density at radius 2 is 2.04 bits per heavy atom. The van der Waals surface area contributed by atoms with E-state index in [1.54, 1.807) is 7.11 Å². The highest BCUT2D eigenvalue weighted by Gasteiger charge is 2.41. The Labute approximate surface area is 140 Å². The van der Waals surface area contributed by atoms with Gasteiger partial charge in [-0.1, -0.05) is 12.1 Å². The predicted molar refractivity (Wildman–Crippen MR) is 85.5 cm³/mol. The third-order valence-electron chi connectivity index (χ3n) is 4.04. The van der Waals surface area contributed by atoms with Gasteiger partial charge >= 0.3 is 12.0 Å². The van der Waals surface area contributed by atoms with Crippen molar-refractivity contribution in [1.82, 2.24) is 10.2 Å². The number of rotatable bonds is 6. The summed E-state index contributed by atoms with van der Waals surface area (Å²) in [7, 11) is 1.57. The molecule has 1 atom stereocenters. The fraction of sp³-hybridized carbons (Fsp3) is 0.412. The fourth-order valence-corrected chi connectivity index (χ4v) is 2.90. The molecule has 2 amide bonds. The van der Waals surface area contributed by atoms with Gasteiger partial charge in [0, 0.05) is 7.11 Å². The van der Waals surface area contributed by atoms with Crippen molar-refractivity contribution >= 4 is 12.0 Å². The molecule has 0 saturated heterocycles. The molecule has 0 radical (unpaired) electrons. The van der Waals surface area contributed by atoms with Crippen LogP contribution in [-0.2, 0) is 14.3 Å². The number of carbonyl (C=O) groups excluding carboxylic acids is 2. The largest absolute Gasteiger partial charge is 0.494 e. The van der Waals surface area contributed by atoms with E-state index in [1.165, 1.54) is 4.90 Å². The molecule has 0 aromatic heterocycles. The summed E-state index contributed by atoms with van der Waals surface area (Å²) in [4.78, 5) is 26.1. The Bertz CT molecular complexity index is 668. The minimum Gasteiger partial charge on any atom is -0.494 e. The molecule has 0 saturated carbocycles. The lowest BCUT2D eigenvalue weighted by Crippen LogP contribution is -2.48. The van der Waals surface area contributed by atoms with Crippen LogP contribution in [0.5, 0.6) is 5.75 Å². The molecule has 7 nitrogen and oxygen atoms in total. The van der Waals surface area contributed by atoms with Crippen LogP contribution in [0.3, 0.4) is 0 Å². The minimum atomic E-state index is -0.517. The highest BCUT2D eigenvalue weighted by atomic mass is 16.5. The Kier molecular flexibility index (Phi) is 4.71. The smallest absolute Gasteiger partial charge is 0.338 e. The molecule has 24 heavy (non-hydrogen) atoms. The highest BCUT2D eigenvalue weighted by molar-refractivity contribution is 5.97. The van der Waals surface area contributed by atoms with Crippen molar-refractivity contribution in [2.24, 2.45) is 0 Å². The molecule has 2 aliphatic rings. The summed E-state index contributed by atoms with van der Waals surface area (Å²) in [5.41, 5.74) is 1.90. The number of nitrogens with zero attached hydrogens (tertiary/aromatic N) is 1. The number of esters is 1. The van der Waals surface area contributed by atoms with Crippen LogP contribution in [0, 0.1) is 0 Å². The Morgan fingerprint density at radius 3 is 2.71 bits per heavy atom. The Balaban J connectivity index is 1.92. The molecular formula is C17H20N2O5. The molecule has 1 aromatic rings. The average molecular weight is 332 g/mol. The normalized spacial score (nSPS) is 19.9. The number of urea groups is 1. The van der Waals surface area contributed by atoms with Gasteiger partial charge in [-0.15, -0.1) is 0 Å². The van der Waals surface area contributed by atoms with Gasteiger partial charge in [0.25, 0.3) is 0 Å². The van der Waals surface area contributed by atoms with Gasteiger partial charge in [-0.3, -0.25) is 4.90 Å². The number of ether oxygens (including phenoxy) is 3. The molecule has 0 fully saturated rings. The van der Waals surface area contributed by atoms with E-state index < -0.39 is 12.0 Å². The zero-order valence-electron chi connectivity index (χ0n) is 13.7. The number of hydrogen-bond acceptors (Lipinski definition) is 5. The lowest BCUT2D eigenvalue weighted by molar-refractivity contribution is -0.136. The van der Waals surface area contributed by atoms with Crippen LogP contribution < -0.4 is 10.1 Å². The maximum Gasteiger partial charge on any atom is 0.338 e. The molecule has 1 aromatic carbocycles. The molecule has 2 aliphatic heterocycles. The quantitative estimate of drug-likeness (QED) is 0.801. The first kappa shape index (κ1) is 16.3.